The van der Waals surface area contributed by atoms with E-state index in [9.17, 15) is 9.59 Å². The van der Waals surface area contributed by atoms with Crippen molar-refractivity contribution in [3.63, 3.8) is 0 Å². The Morgan fingerprint density at radius 3 is 2.80 bits per heavy atom. The van der Waals surface area contributed by atoms with Crippen LogP contribution in [0.25, 0.3) is 0 Å². The zero-order valence-corrected chi connectivity index (χ0v) is 18.2. The van der Waals surface area contributed by atoms with Crippen molar-refractivity contribution < 1.29 is 9.59 Å². The normalized spacial score (nSPS) is 14.3. The Morgan fingerprint density at radius 1 is 1.27 bits per heavy atom. The van der Waals surface area contributed by atoms with E-state index in [4.69, 9.17) is 0 Å². The third kappa shape index (κ3) is 6.19. The summed E-state index contributed by atoms with van der Waals surface area (Å²) < 4.78 is 1.88. The van der Waals surface area contributed by atoms with Crippen LogP contribution in [0.1, 0.15) is 53.8 Å². The molecule has 1 saturated carbocycles. The lowest BCUT2D eigenvalue weighted by molar-refractivity contribution is -0.119. The summed E-state index contributed by atoms with van der Waals surface area (Å²) in [5.74, 6) is 0.787. The van der Waals surface area contributed by atoms with Gasteiger partial charge >= 0.3 is 0 Å². The van der Waals surface area contributed by atoms with Gasteiger partial charge in [-0.25, -0.2) is 0 Å². The second-order valence-corrected chi connectivity index (χ2v) is 8.48. The summed E-state index contributed by atoms with van der Waals surface area (Å²) in [6, 6.07) is 7.73. The summed E-state index contributed by atoms with van der Waals surface area (Å²) in [5.41, 5.74) is 1.64. The molecule has 1 aromatic heterocycles. The molecule has 2 N–H and O–H groups in total. The van der Waals surface area contributed by atoms with Crippen LogP contribution in [0.15, 0.2) is 42.1 Å². The standard InChI is InChI=1S/C22H29N5O2S/c1-3-12-27-19(14-23-21(29)17-9-7-8-16(2)13-17)25-26-22(27)30-15-20(28)24-18-10-5-4-6-11-18/h3,7-9,13,18H,1,4-6,10-12,14-15H2,2H3,(H,23,29)(H,24,28). The van der Waals surface area contributed by atoms with Crippen LogP contribution in [-0.4, -0.2) is 38.4 Å². The van der Waals surface area contributed by atoms with Crippen LogP contribution in [0.3, 0.4) is 0 Å². The van der Waals surface area contributed by atoms with Crippen molar-refractivity contribution in [2.24, 2.45) is 0 Å². The molecule has 1 aliphatic carbocycles. The molecule has 30 heavy (non-hydrogen) atoms. The zero-order chi connectivity index (χ0) is 21.3. The van der Waals surface area contributed by atoms with Crippen LogP contribution < -0.4 is 10.6 Å². The summed E-state index contributed by atoms with van der Waals surface area (Å²) in [6.45, 7) is 6.50. The first-order chi connectivity index (χ1) is 14.6. The molecule has 7 nitrogen and oxygen atoms in total. The molecule has 1 fully saturated rings. The molecule has 2 aromatic rings. The summed E-state index contributed by atoms with van der Waals surface area (Å²) in [6.07, 6.45) is 7.50. The molecule has 0 atom stereocenters. The highest BCUT2D eigenvalue weighted by molar-refractivity contribution is 7.99. The van der Waals surface area contributed by atoms with Crippen molar-refractivity contribution in [3.05, 3.63) is 53.9 Å². The maximum atomic E-state index is 12.4. The smallest absolute Gasteiger partial charge is 0.251 e. The number of aromatic nitrogens is 3. The number of carbonyl (C=O) groups is 2. The average molecular weight is 428 g/mol. The molecule has 1 aliphatic rings. The Kier molecular flexibility index (Phi) is 8.07. The van der Waals surface area contributed by atoms with Gasteiger partial charge in [0.1, 0.15) is 0 Å². The van der Waals surface area contributed by atoms with Crippen molar-refractivity contribution in [1.29, 1.82) is 0 Å². The van der Waals surface area contributed by atoms with Gasteiger partial charge in [0.05, 0.1) is 12.3 Å². The number of aryl methyl sites for hydroxylation is 1. The lowest BCUT2D eigenvalue weighted by Gasteiger charge is -2.22. The van der Waals surface area contributed by atoms with E-state index in [0.29, 0.717) is 34.9 Å². The third-order valence-corrected chi connectivity index (χ3v) is 6.06. The SMILES string of the molecule is C=CCn1c(CNC(=O)c2cccc(C)c2)nnc1SCC(=O)NC1CCCCC1. The highest BCUT2D eigenvalue weighted by Gasteiger charge is 2.18. The van der Waals surface area contributed by atoms with E-state index in [1.165, 1.54) is 31.0 Å². The Bertz CT molecular complexity index is 889. The minimum absolute atomic E-state index is 0.0225. The van der Waals surface area contributed by atoms with Gasteiger partial charge < -0.3 is 15.2 Å². The second-order valence-electron chi connectivity index (χ2n) is 7.54. The van der Waals surface area contributed by atoms with E-state index in [1.54, 1.807) is 12.1 Å². The Balaban J connectivity index is 1.56. The van der Waals surface area contributed by atoms with Gasteiger partial charge in [0, 0.05) is 18.2 Å². The minimum atomic E-state index is -0.159. The largest absolute Gasteiger partial charge is 0.353 e. The Hall–Kier alpha value is -2.61. The molecule has 1 aromatic carbocycles. The predicted molar refractivity (Wildman–Crippen MR) is 118 cm³/mol. The fraction of sp³-hybridized carbons (Fsp3) is 0.455. The van der Waals surface area contributed by atoms with Crippen LogP contribution in [-0.2, 0) is 17.9 Å². The van der Waals surface area contributed by atoms with Crippen LogP contribution in [0.2, 0.25) is 0 Å². The molecule has 0 spiro atoms. The summed E-state index contributed by atoms with van der Waals surface area (Å²) >= 11 is 1.35. The molecule has 0 saturated heterocycles. The van der Waals surface area contributed by atoms with Crippen molar-refractivity contribution >= 4 is 23.6 Å². The van der Waals surface area contributed by atoms with E-state index < -0.39 is 0 Å². The van der Waals surface area contributed by atoms with Crippen molar-refractivity contribution in [1.82, 2.24) is 25.4 Å². The molecule has 0 unspecified atom stereocenters. The average Bonchev–Trinajstić information content (AvgIpc) is 3.13. The Morgan fingerprint density at radius 2 is 2.07 bits per heavy atom. The number of rotatable bonds is 9. The number of amides is 2. The fourth-order valence-electron chi connectivity index (χ4n) is 3.56. The van der Waals surface area contributed by atoms with Crippen LogP contribution in [0, 0.1) is 6.92 Å². The molecule has 1 heterocycles. The lowest BCUT2D eigenvalue weighted by atomic mass is 9.95. The number of thioether (sulfide) groups is 1. The first-order valence-electron chi connectivity index (χ1n) is 10.4. The van der Waals surface area contributed by atoms with E-state index >= 15 is 0 Å². The molecule has 2 amide bonds. The van der Waals surface area contributed by atoms with Gasteiger partial charge in [-0.15, -0.1) is 16.8 Å². The van der Waals surface area contributed by atoms with Crippen molar-refractivity contribution in [2.75, 3.05) is 5.75 Å². The Labute approximate surface area is 181 Å². The minimum Gasteiger partial charge on any atom is -0.353 e. The van der Waals surface area contributed by atoms with Crippen LogP contribution in [0.4, 0.5) is 0 Å². The first kappa shape index (κ1) is 22.1. The number of carbonyl (C=O) groups excluding carboxylic acids is 2. The van der Waals surface area contributed by atoms with Crippen LogP contribution >= 0.6 is 11.8 Å². The zero-order valence-electron chi connectivity index (χ0n) is 17.4. The van der Waals surface area contributed by atoms with Crippen LogP contribution in [0.5, 0.6) is 0 Å². The summed E-state index contributed by atoms with van der Waals surface area (Å²) in [4.78, 5) is 24.7. The predicted octanol–water partition coefficient (Wildman–Crippen LogP) is 3.24. The van der Waals surface area contributed by atoms with Gasteiger partial charge in [0.15, 0.2) is 11.0 Å². The second kappa shape index (κ2) is 11.0. The van der Waals surface area contributed by atoms with Gasteiger partial charge in [-0.2, -0.15) is 0 Å². The van der Waals surface area contributed by atoms with Gasteiger partial charge in [0.25, 0.3) is 5.91 Å². The lowest BCUT2D eigenvalue weighted by Crippen LogP contribution is -2.37. The molecule has 3 rings (SSSR count). The fourth-order valence-corrected chi connectivity index (χ4v) is 4.34. The first-order valence-corrected chi connectivity index (χ1v) is 11.4. The molecule has 0 aliphatic heterocycles. The molecule has 160 valence electrons. The molecule has 8 heteroatoms. The number of benzene rings is 1. The third-order valence-electron chi connectivity index (χ3n) is 5.10. The maximum Gasteiger partial charge on any atom is 0.251 e. The van der Waals surface area contributed by atoms with Gasteiger partial charge in [0.2, 0.25) is 5.91 Å². The number of nitrogens with zero attached hydrogens (tertiary/aromatic N) is 3. The quantitative estimate of drug-likeness (QED) is 0.474. The van der Waals surface area contributed by atoms with Crippen molar-refractivity contribution in [3.8, 4) is 0 Å². The monoisotopic (exact) mass is 427 g/mol. The summed E-state index contributed by atoms with van der Waals surface area (Å²) in [7, 11) is 0. The van der Waals surface area contributed by atoms with Gasteiger partial charge in [-0.05, 0) is 31.9 Å². The number of hydrogen-bond acceptors (Lipinski definition) is 5. The highest BCUT2D eigenvalue weighted by Crippen LogP contribution is 2.20. The van der Waals surface area contributed by atoms with Gasteiger partial charge in [-0.1, -0.05) is 54.8 Å². The molecular formula is C22H29N5O2S. The number of hydrogen-bond donors (Lipinski definition) is 2. The molecular weight excluding hydrogens is 398 g/mol. The number of allylic oxidation sites excluding steroid dienone is 1. The van der Waals surface area contributed by atoms with E-state index in [1.807, 2.05) is 29.7 Å². The molecule has 0 bridgehead atoms. The van der Waals surface area contributed by atoms with E-state index in [0.717, 1.165) is 18.4 Å². The maximum absolute atomic E-state index is 12.4. The highest BCUT2D eigenvalue weighted by atomic mass is 32.2. The van der Waals surface area contributed by atoms with Gasteiger partial charge in [-0.3, -0.25) is 9.59 Å². The topological polar surface area (TPSA) is 88.9 Å². The summed E-state index contributed by atoms with van der Waals surface area (Å²) in [5, 5.41) is 15.1. The van der Waals surface area contributed by atoms with Crippen molar-refractivity contribution in [2.45, 2.75) is 63.3 Å². The molecule has 0 radical (unpaired) electrons. The van der Waals surface area contributed by atoms with E-state index in [-0.39, 0.29) is 18.4 Å². The number of nitrogens with one attached hydrogen (secondary N) is 2. The van der Waals surface area contributed by atoms with E-state index in [2.05, 4.69) is 27.4 Å².